The fourth-order valence-electron chi connectivity index (χ4n) is 2.40. The van der Waals surface area contributed by atoms with Gasteiger partial charge in [-0.2, -0.15) is 11.3 Å². The highest BCUT2D eigenvalue weighted by molar-refractivity contribution is 7.07. The van der Waals surface area contributed by atoms with E-state index in [4.69, 9.17) is 9.26 Å². The second-order valence-corrected chi connectivity index (χ2v) is 5.96. The molecule has 4 nitrogen and oxygen atoms in total. The lowest BCUT2D eigenvalue weighted by Crippen LogP contribution is -2.05. The number of hydrogen-bond donors (Lipinski definition) is 0. The Hall–Kier alpha value is -1.46. The monoisotopic (exact) mass is 291 g/mol. The molecule has 0 spiro atoms. The maximum Gasteiger partial charge on any atom is 0.184 e. The standard InChI is InChI=1S/C15H17NO3S/c17-15(2-1-11-3-5-18-9-11)14-8-13(19-16-14)7-12-4-6-20-10-12/h4,6,8,10-11H,1-3,5,7,9H2. The third kappa shape index (κ3) is 3.35. The molecular formula is C15H17NO3S. The van der Waals surface area contributed by atoms with Gasteiger partial charge in [0.05, 0.1) is 0 Å². The first-order valence-electron chi connectivity index (χ1n) is 6.89. The van der Waals surface area contributed by atoms with Crippen LogP contribution in [-0.2, 0) is 11.2 Å². The zero-order valence-electron chi connectivity index (χ0n) is 11.2. The van der Waals surface area contributed by atoms with Gasteiger partial charge in [0, 0.05) is 32.1 Å². The molecule has 5 heteroatoms. The number of nitrogens with zero attached hydrogens (tertiary/aromatic N) is 1. The predicted molar refractivity (Wildman–Crippen MR) is 76.1 cm³/mol. The van der Waals surface area contributed by atoms with Crippen molar-refractivity contribution in [2.24, 2.45) is 5.92 Å². The molecule has 0 aliphatic carbocycles. The van der Waals surface area contributed by atoms with Gasteiger partial charge >= 0.3 is 0 Å². The van der Waals surface area contributed by atoms with Crippen LogP contribution in [0.4, 0.5) is 0 Å². The number of ketones is 1. The van der Waals surface area contributed by atoms with E-state index in [1.54, 1.807) is 17.4 Å². The van der Waals surface area contributed by atoms with Crippen LogP contribution in [0.25, 0.3) is 0 Å². The van der Waals surface area contributed by atoms with E-state index in [0.717, 1.165) is 31.8 Å². The maximum absolute atomic E-state index is 12.1. The summed E-state index contributed by atoms with van der Waals surface area (Å²) >= 11 is 1.65. The van der Waals surface area contributed by atoms with E-state index in [2.05, 4.69) is 16.6 Å². The molecular weight excluding hydrogens is 274 g/mol. The quantitative estimate of drug-likeness (QED) is 0.766. The van der Waals surface area contributed by atoms with Gasteiger partial charge in [-0.1, -0.05) is 5.16 Å². The molecule has 1 saturated heterocycles. The van der Waals surface area contributed by atoms with Gasteiger partial charge in [-0.3, -0.25) is 4.79 Å². The number of aromatic nitrogens is 1. The summed E-state index contributed by atoms with van der Waals surface area (Å²) in [4.78, 5) is 12.1. The van der Waals surface area contributed by atoms with E-state index >= 15 is 0 Å². The summed E-state index contributed by atoms with van der Waals surface area (Å²) in [7, 11) is 0. The summed E-state index contributed by atoms with van der Waals surface area (Å²) in [6.45, 7) is 1.61. The molecule has 2 aromatic heterocycles. The molecule has 1 fully saturated rings. The van der Waals surface area contributed by atoms with Crippen molar-refractivity contribution in [1.29, 1.82) is 0 Å². The Kier molecular flexibility index (Phi) is 4.28. The summed E-state index contributed by atoms with van der Waals surface area (Å²) in [5.41, 5.74) is 1.64. The molecule has 1 unspecified atom stereocenters. The topological polar surface area (TPSA) is 52.3 Å². The van der Waals surface area contributed by atoms with Crippen LogP contribution in [0.1, 0.15) is 41.1 Å². The number of rotatable bonds is 6. The average molecular weight is 291 g/mol. The lowest BCUT2D eigenvalue weighted by Gasteiger charge is -2.04. The van der Waals surface area contributed by atoms with Gasteiger partial charge in [0.1, 0.15) is 11.5 Å². The zero-order chi connectivity index (χ0) is 13.8. The fourth-order valence-corrected chi connectivity index (χ4v) is 3.07. The number of carbonyl (C=O) groups excluding carboxylic acids is 1. The van der Waals surface area contributed by atoms with Crippen molar-refractivity contribution in [3.8, 4) is 0 Å². The van der Waals surface area contributed by atoms with Crippen LogP contribution in [0.15, 0.2) is 27.4 Å². The zero-order valence-corrected chi connectivity index (χ0v) is 12.0. The summed E-state index contributed by atoms with van der Waals surface area (Å²) in [6, 6.07) is 3.82. The minimum Gasteiger partial charge on any atom is -0.381 e. The highest BCUT2D eigenvalue weighted by atomic mass is 32.1. The van der Waals surface area contributed by atoms with Crippen LogP contribution in [-0.4, -0.2) is 24.2 Å². The molecule has 0 N–H and O–H groups in total. The van der Waals surface area contributed by atoms with Gasteiger partial charge in [-0.05, 0) is 41.1 Å². The van der Waals surface area contributed by atoms with E-state index in [9.17, 15) is 4.79 Å². The number of thiophene rings is 1. The summed E-state index contributed by atoms with van der Waals surface area (Å²) in [5, 5.41) is 7.99. The third-order valence-corrected chi connectivity index (χ3v) is 4.34. The summed E-state index contributed by atoms with van der Waals surface area (Å²) in [6.07, 6.45) is 3.17. The molecule has 0 bridgehead atoms. The van der Waals surface area contributed by atoms with Crippen LogP contribution in [0.2, 0.25) is 0 Å². The lowest BCUT2D eigenvalue weighted by molar-refractivity contribution is 0.0962. The lowest BCUT2D eigenvalue weighted by atomic mass is 10.00. The average Bonchev–Trinajstić information content (AvgIpc) is 3.19. The minimum atomic E-state index is 0.0669. The number of hydrogen-bond acceptors (Lipinski definition) is 5. The molecule has 2 aromatic rings. The van der Waals surface area contributed by atoms with Crippen molar-refractivity contribution in [2.75, 3.05) is 13.2 Å². The maximum atomic E-state index is 12.1. The second kappa shape index (κ2) is 6.33. The Balaban J connectivity index is 1.54. The largest absolute Gasteiger partial charge is 0.381 e. The van der Waals surface area contributed by atoms with Gasteiger partial charge in [-0.25, -0.2) is 0 Å². The van der Waals surface area contributed by atoms with Gasteiger partial charge in [0.15, 0.2) is 5.78 Å². The van der Waals surface area contributed by atoms with Crippen molar-refractivity contribution < 1.29 is 14.1 Å². The van der Waals surface area contributed by atoms with E-state index in [-0.39, 0.29) is 5.78 Å². The van der Waals surface area contributed by atoms with Crippen molar-refractivity contribution in [1.82, 2.24) is 5.16 Å². The summed E-state index contributed by atoms with van der Waals surface area (Å²) in [5.74, 6) is 1.34. The molecule has 0 radical (unpaired) electrons. The number of carbonyl (C=O) groups is 1. The van der Waals surface area contributed by atoms with Gasteiger partial charge in [-0.15, -0.1) is 0 Å². The first-order chi connectivity index (χ1) is 9.81. The number of ether oxygens (including phenoxy) is 1. The molecule has 0 aromatic carbocycles. The molecule has 1 atom stereocenters. The second-order valence-electron chi connectivity index (χ2n) is 5.18. The Labute approximate surface area is 121 Å². The fraction of sp³-hybridized carbons (Fsp3) is 0.467. The van der Waals surface area contributed by atoms with Crippen molar-refractivity contribution in [3.05, 3.63) is 39.9 Å². The van der Waals surface area contributed by atoms with Crippen LogP contribution < -0.4 is 0 Å². The molecule has 106 valence electrons. The van der Waals surface area contributed by atoms with Crippen LogP contribution in [0.5, 0.6) is 0 Å². The molecule has 1 aliphatic heterocycles. The Morgan fingerprint density at radius 2 is 2.45 bits per heavy atom. The van der Waals surface area contributed by atoms with Crippen molar-refractivity contribution in [2.45, 2.75) is 25.7 Å². The van der Waals surface area contributed by atoms with E-state index in [1.807, 2.05) is 5.38 Å². The molecule has 20 heavy (non-hydrogen) atoms. The van der Waals surface area contributed by atoms with Crippen LogP contribution in [0, 0.1) is 5.92 Å². The van der Waals surface area contributed by atoms with Crippen molar-refractivity contribution in [3.63, 3.8) is 0 Å². The Morgan fingerprint density at radius 1 is 1.50 bits per heavy atom. The highest BCUT2D eigenvalue weighted by Crippen LogP contribution is 2.20. The van der Waals surface area contributed by atoms with E-state index in [1.165, 1.54) is 5.56 Å². The first kappa shape index (κ1) is 13.5. The van der Waals surface area contributed by atoms with Crippen LogP contribution in [0.3, 0.4) is 0 Å². The van der Waals surface area contributed by atoms with Gasteiger partial charge in [0.2, 0.25) is 0 Å². The third-order valence-electron chi connectivity index (χ3n) is 3.61. The SMILES string of the molecule is O=C(CCC1CCOC1)c1cc(Cc2ccsc2)on1. The smallest absolute Gasteiger partial charge is 0.184 e. The van der Waals surface area contributed by atoms with Gasteiger partial charge in [0.25, 0.3) is 0 Å². The van der Waals surface area contributed by atoms with E-state index in [0.29, 0.717) is 24.5 Å². The molecule has 1 aliphatic rings. The number of Topliss-reactive ketones (excluding diaryl/α,β-unsaturated/α-hetero) is 1. The van der Waals surface area contributed by atoms with Crippen LogP contribution >= 0.6 is 11.3 Å². The molecule has 0 amide bonds. The van der Waals surface area contributed by atoms with Gasteiger partial charge < -0.3 is 9.26 Å². The minimum absolute atomic E-state index is 0.0669. The Bertz CT molecular complexity index is 555. The summed E-state index contributed by atoms with van der Waals surface area (Å²) < 4.78 is 10.6. The Morgan fingerprint density at radius 3 is 3.20 bits per heavy atom. The van der Waals surface area contributed by atoms with E-state index < -0.39 is 0 Å². The predicted octanol–water partition coefficient (Wildman–Crippen LogP) is 3.33. The van der Waals surface area contributed by atoms with Crippen molar-refractivity contribution >= 4 is 17.1 Å². The highest BCUT2D eigenvalue weighted by Gasteiger charge is 2.19. The molecule has 3 rings (SSSR count). The first-order valence-corrected chi connectivity index (χ1v) is 7.83. The normalized spacial score (nSPS) is 18.5. The molecule has 3 heterocycles. The molecule has 0 saturated carbocycles.